The Morgan fingerprint density at radius 1 is 1.18 bits per heavy atom. The highest BCUT2D eigenvalue weighted by Crippen LogP contribution is 2.38. The predicted molar refractivity (Wildman–Crippen MR) is 99.7 cm³/mol. The van der Waals surface area contributed by atoms with Crippen LogP contribution >= 0.6 is 0 Å². The fraction of sp³-hybridized carbons (Fsp3) is 0.158. The zero-order valence-electron chi connectivity index (χ0n) is 15.0. The molecule has 4 N–H and O–H groups in total. The molecule has 28 heavy (non-hydrogen) atoms. The highest BCUT2D eigenvalue weighted by molar-refractivity contribution is 6.03. The van der Waals surface area contributed by atoms with Crippen molar-refractivity contribution in [2.75, 3.05) is 0 Å². The monoisotopic (exact) mass is 390 g/mol. The Bertz CT molecular complexity index is 1080. The van der Waals surface area contributed by atoms with Crippen LogP contribution in [-0.2, 0) is 6.18 Å². The smallest absolute Gasteiger partial charge is 0.416 e. The van der Waals surface area contributed by atoms with Gasteiger partial charge in [0.1, 0.15) is 0 Å². The molecule has 0 aliphatic carbocycles. The molecule has 0 aliphatic heterocycles. The van der Waals surface area contributed by atoms with E-state index in [-0.39, 0.29) is 17.0 Å². The van der Waals surface area contributed by atoms with Gasteiger partial charge in [-0.2, -0.15) is 18.3 Å². The van der Waals surface area contributed by atoms with Gasteiger partial charge in [0.05, 0.1) is 22.9 Å². The predicted octanol–water partition coefficient (Wildman–Crippen LogP) is 3.97. The van der Waals surface area contributed by atoms with Crippen molar-refractivity contribution in [1.82, 2.24) is 9.99 Å². The molecule has 2 aromatic carbocycles. The van der Waals surface area contributed by atoms with E-state index in [0.717, 1.165) is 29.5 Å². The minimum Gasteiger partial charge on any atom is -0.494 e. The SMILES string of the molecule is Cc1cc(C)cc(-n2c(O)c(/C=N/NC(N)=O)c3ccc(C(F)(F)F)cc32)c1. The molecule has 0 unspecified atom stereocenters. The molecule has 0 spiro atoms. The van der Waals surface area contributed by atoms with Crippen LogP contribution < -0.4 is 11.2 Å². The number of amides is 2. The summed E-state index contributed by atoms with van der Waals surface area (Å²) in [6.07, 6.45) is -3.40. The normalized spacial score (nSPS) is 12.0. The number of aromatic nitrogens is 1. The van der Waals surface area contributed by atoms with Gasteiger partial charge in [-0.1, -0.05) is 12.1 Å². The summed E-state index contributed by atoms with van der Waals surface area (Å²) in [5.41, 5.74) is 8.67. The average molecular weight is 390 g/mol. The number of nitrogens with one attached hydrogen (secondary N) is 1. The van der Waals surface area contributed by atoms with Gasteiger partial charge in [-0.3, -0.25) is 4.57 Å². The molecule has 9 heteroatoms. The number of alkyl halides is 3. The molecule has 0 bridgehead atoms. The van der Waals surface area contributed by atoms with Crippen molar-refractivity contribution in [3.05, 3.63) is 58.7 Å². The molecule has 1 aromatic heterocycles. The number of nitrogens with two attached hydrogens (primary N) is 1. The molecule has 6 nitrogen and oxygen atoms in total. The van der Waals surface area contributed by atoms with Crippen LogP contribution in [-0.4, -0.2) is 21.9 Å². The minimum atomic E-state index is -4.54. The van der Waals surface area contributed by atoms with E-state index in [0.29, 0.717) is 11.1 Å². The van der Waals surface area contributed by atoms with E-state index in [4.69, 9.17) is 5.73 Å². The van der Waals surface area contributed by atoms with Crippen LogP contribution in [0.4, 0.5) is 18.0 Å². The van der Waals surface area contributed by atoms with Crippen LogP contribution in [0.25, 0.3) is 16.6 Å². The van der Waals surface area contributed by atoms with E-state index >= 15 is 0 Å². The molecule has 0 atom stereocenters. The molecule has 0 saturated carbocycles. The lowest BCUT2D eigenvalue weighted by atomic mass is 10.1. The number of aromatic hydroxyl groups is 1. The van der Waals surface area contributed by atoms with Crippen molar-refractivity contribution >= 4 is 23.1 Å². The summed E-state index contributed by atoms with van der Waals surface area (Å²) < 4.78 is 41.0. The van der Waals surface area contributed by atoms with Gasteiger partial charge in [-0.05, 0) is 49.2 Å². The third-order valence-corrected chi connectivity index (χ3v) is 4.14. The number of carbonyl (C=O) groups is 1. The van der Waals surface area contributed by atoms with Crippen molar-refractivity contribution < 1.29 is 23.1 Å². The van der Waals surface area contributed by atoms with E-state index in [1.54, 1.807) is 12.1 Å². The summed E-state index contributed by atoms with van der Waals surface area (Å²) in [4.78, 5) is 10.8. The molecule has 0 fully saturated rings. The Labute approximate surface area is 158 Å². The molecule has 3 aromatic rings. The third kappa shape index (κ3) is 3.64. The zero-order chi connectivity index (χ0) is 20.6. The van der Waals surface area contributed by atoms with Crippen molar-refractivity contribution in [3.8, 4) is 11.6 Å². The third-order valence-electron chi connectivity index (χ3n) is 4.14. The number of fused-ring (bicyclic) bond motifs is 1. The summed E-state index contributed by atoms with van der Waals surface area (Å²) in [6, 6.07) is 7.63. The number of halogens is 3. The fourth-order valence-electron chi connectivity index (χ4n) is 3.10. The largest absolute Gasteiger partial charge is 0.494 e. The molecule has 0 radical (unpaired) electrons. The number of aryl methyl sites for hydroxylation is 2. The molecular formula is C19H17F3N4O2. The lowest BCUT2D eigenvalue weighted by molar-refractivity contribution is -0.137. The van der Waals surface area contributed by atoms with E-state index in [2.05, 4.69) is 5.10 Å². The van der Waals surface area contributed by atoms with Crippen molar-refractivity contribution in [2.45, 2.75) is 20.0 Å². The van der Waals surface area contributed by atoms with E-state index in [1.165, 1.54) is 10.6 Å². The Balaban J connectivity index is 2.32. The summed E-state index contributed by atoms with van der Waals surface area (Å²) in [7, 11) is 0. The number of benzene rings is 2. The topological polar surface area (TPSA) is 92.6 Å². The summed E-state index contributed by atoms with van der Waals surface area (Å²) in [6.45, 7) is 3.69. The second-order valence-corrected chi connectivity index (χ2v) is 6.38. The standard InChI is InChI=1S/C19H17F3N4O2/c1-10-5-11(2)7-13(6-10)26-16-8-12(19(20,21)22)3-4-14(16)15(17(26)27)9-24-25-18(23)28/h3-9,27H,1-2H3,(H3,23,25,28)/b24-9+. The Hall–Kier alpha value is -3.49. The number of nitrogens with zero attached hydrogens (tertiary/aromatic N) is 2. The molecule has 0 saturated heterocycles. The van der Waals surface area contributed by atoms with Gasteiger partial charge in [-0.15, -0.1) is 0 Å². The fourth-order valence-corrected chi connectivity index (χ4v) is 3.10. The van der Waals surface area contributed by atoms with Crippen molar-refractivity contribution in [2.24, 2.45) is 10.8 Å². The van der Waals surface area contributed by atoms with Crippen molar-refractivity contribution in [1.29, 1.82) is 0 Å². The maximum Gasteiger partial charge on any atom is 0.416 e. The first-order valence-corrected chi connectivity index (χ1v) is 8.19. The quantitative estimate of drug-likeness (QED) is 0.466. The van der Waals surface area contributed by atoms with Gasteiger partial charge in [0, 0.05) is 11.1 Å². The Morgan fingerprint density at radius 3 is 2.39 bits per heavy atom. The second kappa shape index (κ2) is 6.91. The van der Waals surface area contributed by atoms with Crippen LogP contribution in [0.2, 0.25) is 0 Å². The van der Waals surface area contributed by atoms with Gasteiger partial charge in [0.2, 0.25) is 5.88 Å². The minimum absolute atomic E-state index is 0.150. The van der Waals surface area contributed by atoms with Crippen molar-refractivity contribution in [3.63, 3.8) is 0 Å². The number of hydrogen-bond acceptors (Lipinski definition) is 3. The van der Waals surface area contributed by atoms with Gasteiger partial charge in [-0.25, -0.2) is 10.2 Å². The number of primary amides is 1. The van der Waals surface area contributed by atoms with Gasteiger partial charge in [0.15, 0.2) is 0 Å². The first-order valence-electron chi connectivity index (χ1n) is 8.19. The lowest BCUT2D eigenvalue weighted by Gasteiger charge is -2.11. The summed E-state index contributed by atoms with van der Waals surface area (Å²) in [5.74, 6) is -0.311. The number of carbonyl (C=O) groups excluding carboxylic acids is 1. The van der Waals surface area contributed by atoms with Crippen LogP contribution in [0.15, 0.2) is 41.5 Å². The molecule has 146 valence electrons. The molecule has 0 aliphatic rings. The number of hydrazone groups is 1. The Kier molecular flexibility index (Phi) is 4.76. The first-order chi connectivity index (χ1) is 13.1. The first kappa shape index (κ1) is 19.3. The number of rotatable bonds is 3. The van der Waals surface area contributed by atoms with Gasteiger partial charge >= 0.3 is 12.2 Å². The maximum absolute atomic E-state index is 13.2. The molecular weight excluding hydrogens is 373 g/mol. The van der Waals surface area contributed by atoms with E-state index in [1.807, 2.05) is 25.3 Å². The maximum atomic E-state index is 13.2. The van der Waals surface area contributed by atoms with E-state index in [9.17, 15) is 23.1 Å². The highest BCUT2D eigenvalue weighted by atomic mass is 19.4. The van der Waals surface area contributed by atoms with Gasteiger partial charge in [0.25, 0.3) is 0 Å². The van der Waals surface area contributed by atoms with Crippen LogP contribution in [0.1, 0.15) is 22.3 Å². The summed E-state index contributed by atoms with van der Waals surface area (Å²) in [5, 5.41) is 14.7. The van der Waals surface area contributed by atoms with Crippen LogP contribution in [0.5, 0.6) is 5.88 Å². The summed E-state index contributed by atoms with van der Waals surface area (Å²) >= 11 is 0. The molecule has 1 heterocycles. The highest BCUT2D eigenvalue weighted by Gasteiger charge is 2.31. The molecule has 3 rings (SSSR count). The number of urea groups is 1. The van der Waals surface area contributed by atoms with Crippen LogP contribution in [0.3, 0.4) is 0 Å². The van der Waals surface area contributed by atoms with Gasteiger partial charge < -0.3 is 10.8 Å². The molecule has 2 amide bonds. The lowest BCUT2D eigenvalue weighted by Crippen LogP contribution is -2.24. The van der Waals surface area contributed by atoms with Crippen LogP contribution in [0, 0.1) is 13.8 Å². The zero-order valence-corrected chi connectivity index (χ0v) is 15.0. The second-order valence-electron chi connectivity index (χ2n) is 6.38. The Morgan fingerprint density at radius 2 is 1.82 bits per heavy atom. The average Bonchev–Trinajstić information content (AvgIpc) is 2.84. The number of hydrogen-bond donors (Lipinski definition) is 3. The van der Waals surface area contributed by atoms with E-state index < -0.39 is 17.8 Å².